The van der Waals surface area contributed by atoms with E-state index in [0.29, 0.717) is 21.5 Å². The molecule has 8 nitrogen and oxygen atoms in total. The van der Waals surface area contributed by atoms with Gasteiger partial charge < -0.3 is 9.26 Å². The van der Waals surface area contributed by atoms with Crippen LogP contribution in [0.25, 0.3) is 11.3 Å². The van der Waals surface area contributed by atoms with Crippen LogP contribution >= 0.6 is 23.1 Å². The molecule has 0 saturated heterocycles. The van der Waals surface area contributed by atoms with Crippen LogP contribution < -0.4 is 5.32 Å². The van der Waals surface area contributed by atoms with Crippen molar-refractivity contribution in [2.45, 2.75) is 31.6 Å². The number of esters is 1. The molecule has 4 aromatic rings. The molecule has 1 amide bonds. The Kier molecular flexibility index (Phi) is 7.39. The maximum absolute atomic E-state index is 12.6. The second-order valence-corrected chi connectivity index (χ2v) is 9.30. The van der Waals surface area contributed by atoms with E-state index in [4.69, 9.17) is 9.26 Å². The Balaban J connectivity index is 1.33. The maximum Gasteiger partial charge on any atom is 0.341 e. The summed E-state index contributed by atoms with van der Waals surface area (Å²) >= 11 is 2.69. The number of amides is 1. The van der Waals surface area contributed by atoms with Crippen molar-refractivity contribution in [1.82, 2.24) is 15.1 Å². The average Bonchev–Trinajstić information content (AvgIpc) is 3.43. The Morgan fingerprint density at radius 3 is 2.68 bits per heavy atom. The summed E-state index contributed by atoms with van der Waals surface area (Å²) in [5, 5.41) is 9.43. The van der Waals surface area contributed by atoms with E-state index in [1.54, 1.807) is 18.3 Å². The number of aromatic nitrogens is 3. The van der Waals surface area contributed by atoms with Gasteiger partial charge in [-0.2, -0.15) is 0 Å². The molecule has 4 rings (SSSR count). The number of ether oxygens (including phenoxy) is 1. The molecule has 174 valence electrons. The number of thioether (sulfide) groups is 1. The summed E-state index contributed by atoms with van der Waals surface area (Å²) in [6.07, 6.45) is 1.60. The number of pyridine rings is 1. The van der Waals surface area contributed by atoms with E-state index >= 15 is 0 Å². The molecule has 0 unspecified atom stereocenters. The van der Waals surface area contributed by atoms with Gasteiger partial charge in [-0.15, -0.1) is 23.1 Å². The van der Waals surface area contributed by atoms with Gasteiger partial charge in [0.1, 0.15) is 10.8 Å². The highest BCUT2D eigenvalue weighted by molar-refractivity contribution is 7.98. The summed E-state index contributed by atoms with van der Waals surface area (Å²) in [4.78, 5) is 33.7. The third-order valence-electron chi connectivity index (χ3n) is 4.96. The lowest BCUT2D eigenvalue weighted by Gasteiger charge is -2.08. The minimum atomic E-state index is -0.621. The van der Waals surface area contributed by atoms with E-state index in [9.17, 15) is 9.59 Å². The molecule has 0 aliphatic carbocycles. The molecule has 10 heteroatoms. The van der Waals surface area contributed by atoms with Crippen molar-refractivity contribution >= 4 is 40.1 Å². The van der Waals surface area contributed by atoms with Crippen LogP contribution in [-0.4, -0.2) is 33.6 Å². The van der Waals surface area contributed by atoms with E-state index < -0.39 is 18.5 Å². The van der Waals surface area contributed by atoms with Gasteiger partial charge in [-0.3, -0.25) is 10.1 Å². The van der Waals surface area contributed by atoms with Gasteiger partial charge in [-0.25, -0.2) is 14.8 Å². The standard InChI is InChI=1S/C24H22N4O4S2/c1-14-6-8-17(9-7-14)20-13-34-24(26-20)27-21(29)11-31-23(30)18-5-4-10-25-22(18)33-12-19-15(2)28-32-16(19)3/h4-10,13H,11-12H2,1-3H3,(H,26,27,29). The van der Waals surface area contributed by atoms with Crippen molar-refractivity contribution in [3.05, 3.63) is 76.1 Å². The number of carbonyl (C=O) groups is 2. The van der Waals surface area contributed by atoms with E-state index in [-0.39, 0.29) is 0 Å². The van der Waals surface area contributed by atoms with E-state index in [1.165, 1.54) is 23.1 Å². The summed E-state index contributed by atoms with van der Waals surface area (Å²) in [5.74, 6) is 0.192. The van der Waals surface area contributed by atoms with Crippen LogP contribution in [0.5, 0.6) is 0 Å². The zero-order valence-corrected chi connectivity index (χ0v) is 20.5. The Morgan fingerprint density at radius 1 is 1.15 bits per heavy atom. The lowest BCUT2D eigenvalue weighted by Crippen LogP contribution is -2.21. The zero-order valence-electron chi connectivity index (χ0n) is 18.8. The van der Waals surface area contributed by atoms with Crippen molar-refractivity contribution in [3.8, 4) is 11.3 Å². The minimum absolute atomic E-state index is 0.294. The summed E-state index contributed by atoms with van der Waals surface area (Å²) in [5.41, 5.74) is 4.95. The SMILES string of the molecule is Cc1ccc(-c2csc(NC(=O)COC(=O)c3cccnc3SCc3c(C)noc3C)n2)cc1. The molecule has 0 radical (unpaired) electrons. The number of rotatable bonds is 8. The van der Waals surface area contributed by atoms with Gasteiger partial charge in [0.15, 0.2) is 11.7 Å². The Hall–Kier alpha value is -3.50. The highest BCUT2D eigenvalue weighted by Gasteiger charge is 2.18. The van der Waals surface area contributed by atoms with Gasteiger partial charge >= 0.3 is 5.97 Å². The topological polar surface area (TPSA) is 107 Å². The summed E-state index contributed by atoms with van der Waals surface area (Å²) in [6, 6.07) is 11.2. The molecule has 1 N–H and O–H groups in total. The number of benzene rings is 1. The molecule has 0 bridgehead atoms. The minimum Gasteiger partial charge on any atom is -0.452 e. The molecule has 3 heterocycles. The zero-order chi connectivity index (χ0) is 24.1. The van der Waals surface area contributed by atoms with Crippen LogP contribution in [0, 0.1) is 20.8 Å². The van der Waals surface area contributed by atoms with Crippen molar-refractivity contribution in [3.63, 3.8) is 0 Å². The number of anilines is 1. The van der Waals surface area contributed by atoms with Gasteiger partial charge in [-0.05, 0) is 32.9 Å². The van der Waals surface area contributed by atoms with Crippen molar-refractivity contribution in [1.29, 1.82) is 0 Å². The first-order valence-electron chi connectivity index (χ1n) is 10.4. The molecule has 0 spiro atoms. The van der Waals surface area contributed by atoms with Gasteiger partial charge in [-0.1, -0.05) is 35.0 Å². The van der Waals surface area contributed by atoms with Gasteiger partial charge in [0.2, 0.25) is 0 Å². The molecule has 0 atom stereocenters. The van der Waals surface area contributed by atoms with E-state index in [2.05, 4.69) is 20.4 Å². The number of thiazole rings is 1. The Labute approximate surface area is 204 Å². The van der Waals surface area contributed by atoms with Crippen LogP contribution in [0.15, 0.2) is 57.5 Å². The molecule has 0 aliphatic heterocycles. The van der Waals surface area contributed by atoms with Crippen LogP contribution in [0.2, 0.25) is 0 Å². The van der Waals surface area contributed by atoms with Crippen LogP contribution in [0.3, 0.4) is 0 Å². The number of aryl methyl sites for hydroxylation is 3. The molecule has 34 heavy (non-hydrogen) atoms. The van der Waals surface area contributed by atoms with Gasteiger partial charge in [0, 0.05) is 28.5 Å². The number of carbonyl (C=O) groups excluding carboxylic acids is 2. The van der Waals surface area contributed by atoms with Gasteiger partial charge in [0.05, 0.1) is 17.0 Å². The lowest BCUT2D eigenvalue weighted by atomic mass is 10.1. The Bertz CT molecular complexity index is 1300. The fraction of sp³-hybridized carbons (Fsp3) is 0.208. The van der Waals surface area contributed by atoms with E-state index in [1.807, 2.05) is 50.4 Å². The first-order chi connectivity index (χ1) is 16.4. The highest BCUT2D eigenvalue weighted by atomic mass is 32.2. The second-order valence-electron chi connectivity index (χ2n) is 7.48. The normalized spacial score (nSPS) is 10.8. The van der Waals surface area contributed by atoms with E-state index in [0.717, 1.165) is 33.8 Å². The summed E-state index contributed by atoms with van der Waals surface area (Å²) < 4.78 is 10.4. The molecule has 3 aromatic heterocycles. The number of hydrogen-bond donors (Lipinski definition) is 1. The third-order valence-corrected chi connectivity index (χ3v) is 6.75. The first kappa shape index (κ1) is 23.7. The number of hydrogen-bond acceptors (Lipinski definition) is 9. The summed E-state index contributed by atoms with van der Waals surface area (Å²) in [7, 11) is 0. The van der Waals surface area contributed by atoms with Crippen molar-refractivity contribution < 1.29 is 18.8 Å². The van der Waals surface area contributed by atoms with Gasteiger partial charge in [0.25, 0.3) is 5.91 Å². The monoisotopic (exact) mass is 494 g/mol. The highest BCUT2D eigenvalue weighted by Crippen LogP contribution is 2.28. The molecule has 0 saturated carbocycles. The van der Waals surface area contributed by atoms with Crippen molar-refractivity contribution in [2.24, 2.45) is 0 Å². The molecule has 0 fully saturated rings. The first-order valence-corrected chi connectivity index (χ1v) is 12.3. The second kappa shape index (κ2) is 10.6. The smallest absolute Gasteiger partial charge is 0.341 e. The predicted octanol–water partition coefficient (Wildman–Crippen LogP) is 5.21. The molecular weight excluding hydrogens is 472 g/mol. The molecule has 1 aromatic carbocycles. The predicted molar refractivity (Wildman–Crippen MR) is 131 cm³/mol. The van der Waals surface area contributed by atoms with Crippen molar-refractivity contribution in [2.75, 3.05) is 11.9 Å². The largest absolute Gasteiger partial charge is 0.452 e. The lowest BCUT2D eigenvalue weighted by molar-refractivity contribution is -0.119. The van der Waals surface area contributed by atoms with Crippen LogP contribution in [-0.2, 0) is 15.3 Å². The Morgan fingerprint density at radius 2 is 1.94 bits per heavy atom. The fourth-order valence-electron chi connectivity index (χ4n) is 3.06. The fourth-order valence-corrected chi connectivity index (χ4v) is 4.93. The quantitative estimate of drug-likeness (QED) is 0.263. The number of nitrogens with zero attached hydrogens (tertiary/aromatic N) is 3. The third kappa shape index (κ3) is 5.70. The van der Waals surface area contributed by atoms with Crippen LogP contribution in [0.4, 0.5) is 5.13 Å². The molecule has 0 aliphatic rings. The maximum atomic E-state index is 12.6. The number of nitrogens with one attached hydrogen (secondary N) is 1. The van der Waals surface area contributed by atoms with Crippen LogP contribution in [0.1, 0.15) is 32.9 Å². The molecular formula is C24H22N4O4S2. The summed E-state index contributed by atoms with van der Waals surface area (Å²) in [6.45, 7) is 5.30. The average molecular weight is 495 g/mol.